The number of hydrogen-bond donors (Lipinski definition) is 1. The van der Waals surface area contributed by atoms with Gasteiger partial charge in [0, 0.05) is 6.54 Å². The number of nitrogens with one attached hydrogen (secondary N) is 1. The summed E-state index contributed by atoms with van der Waals surface area (Å²) in [6, 6.07) is 7.19. The molecule has 4 heteroatoms. The van der Waals surface area contributed by atoms with Crippen LogP contribution < -0.4 is 4.72 Å². The molecule has 19 heavy (non-hydrogen) atoms. The highest BCUT2D eigenvalue weighted by Gasteiger charge is 2.15. The van der Waals surface area contributed by atoms with Gasteiger partial charge in [0.05, 0.1) is 4.90 Å². The Bertz CT molecular complexity index is 461. The highest BCUT2D eigenvalue weighted by atomic mass is 32.2. The van der Waals surface area contributed by atoms with E-state index < -0.39 is 10.0 Å². The van der Waals surface area contributed by atoms with E-state index in [-0.39, 0.29) is 0 Å². The summed E-state index contributed by atoms with van der Waals surface area (Å²) in [7, 11) is -3.36. The molecule has 0 amide bonds. The monoisotopic (exact) mass is 283 g/mol. The summed E-state index contributed by atoms with van der Waals surface area (Å²) in [4.78, 5) is 0.360. The fourth-order valence-corrected chi connectivity index (χ4v) is 3.13. The number of benzene rings is 1. The standard InChI is InChI=1S/C15H25NO2S/c1-4-7-14-8-10-15(11-9-14)19(17,18)16-12-13(5-2)6-3/h8-11,13,16H,4-7,12H2,1-3H3. The molecule has 1 aromatic rings. The van der Waals surface area contributed by atoms with Crippen molar-refractivity contribution in [2.24, 2.45) is 5.92 Å². The molecule has 1 aromatic carbocycles. The molecule has 0 saturated carbocycles. The van der Waals surface area contributed by atoms with Crippen LogP contribution in [0.15, 0.2) is 29.2 Å². The van der Waals surface area contributed by atoms with Crippen LogP contribution in [0, 0.1) is 5.92 Å². The van der Waals surface area contributed by atoms with Crippen LogP contribution in [0.5, 0.6) is 0 Å². The molecule has 0 aliphatic rings. The molecule has 0 unspecified atom stereocenters. The molecule has 0 aliphatic carbocycles. The van der Waals surface area contributed by atoms with E-state index in [1.807, 2.05) is 12.1 Å². The zero-order chi connectivity index (χ0) is 14.3. The highest BCUT2D eigenvalue weighted by Crippen LogP contribution is 2.13. The summed E-state index contributed by atoms with van der Waals surface area (Å²) in [5.41, 5.74) is 1.18. The van der Waals surface area contributed by atoms with Gasteiger partial charge in [-0.25, -0.2) is 13.1 Å². The van der Waals surface area contributed by atoms with Gasteiger partial charge >= 0.3 is 0 Å². The zero-order valence-electron chi connectivity index (χ0n) is 12.1. The molecule has 3 nitrogen and oxygen atoms in total. The summed E-state index contributed by atoms with van der Waals surface area (Å²) in [5, 5.41) is 0. The van der Waals surface area contributed by atoms with Gasteiger partial charge in [-0.15, -0.1) is 0 Å². The van der Waals surface area contributed by atoms with E-state index in [4.69, 9.17) is 0 Å². The van der Waals surface area contributed by atoms with E-state index in [9.17, 15) is 8.42 Å². The van der Waals surface area contributed by atoms with Crippen molar-refractivity contribution in [3.05, 3.63) is 29.8 Å². The maximum absolute atomic E-state index is 12.1. The number of sulfonamides is 1. The predicted octanol–water partition coefficient (Wildman–Crippen LogP) is 3.35. The van der Waals surface area contributed by atoms with Gasteiger partial charge in [-0.1, -0.05) is 52.2 Å². The summed E-state index contributed by atoms with van der Waals surface area (Å²) in [6.45, 7) is 6.80. The van der Waals surface area contributed by atoms with Gasteiger partial charge in [0.2, 0.25) is 10.0 Å². The second kappa shape index (κ2) is 7.65. The Morgan fingerprint density at radius 2 is 1.63 bits per heavy atom. The summed E-state index contributed by atoms with van der Waals surface area (Å²) >= 11 is 0. The molecule has 0 saturated heterocycles. The van der Waals surface area contributed by atoms with Crippen LogP contribution in [0.2, 0.25) is 0 Å². The van der Waals surface area contributed by atoms with Crippen molar-refractivity contribution in [1.29, 1.82) is 0 Å². The average Bonchev–Trinajstić information content (AvgIpc) is 2.41. The van der Waals surface area contributed by atoms with Gasteiger partial charge in [0.25, 0.3) is 0 Å². The molecule has 1 N–H and O–H groups in total. The molecule has 0 spiro atoms. The van der Waals surface area contributed by atoms with E-state index in [2.05, 4.69) is 25.5 Å². The van der Waals surface area contributed by atoms with Crippen LogP contribution in [0.25, 0.3) is 0 Å². The minimum atomic E-state index is -3.36. The largest absolute Gasteiger partial charge is 0.240 e. The molecule has 1 rings (SSSR count). The first-order valence-corrected chi connectivity index (χ1v) is 8.60. The Kier molecular flexibility index (Phi) is 6.52. The van der Waals surface area contributed by atoms with Crippen molar-refractivity contribution in [3.8, 4) is 0 Å². The van der Waals surface area contributed by atoms with E-state index in [0.717, 1.165) is 25.7 Å². The molecule has 0 fully saturated rings. The van der Waals surface area contributed by atoms with Crippen LogP contribution >= 0.6 is 0 Å². The molecule has 0 radical (unpaired) electrons. The van der Waals surface area contributed by atoms with E-state index >= 15 is 0 Å². The summed E-state index contributed by atoms with van der Waals surface area (Å²) < 4.78 is 27.0. The minimum Gasteiger partial charge on any atom is -0.211 e. The Morgan fingerprint density at radius 3 is 2.11 bits per heavy atom. The van der Waals surface area contributed by atoms with Gasteiger partial charge in [0.15, 0.2) is 0 Å². The van der Waals surface area contributed by atoms with Gasteiger partial charge in [-0.2, -0.15) is 0 Å². The third kappa shape index (κ3) is 4.96. The van der Waals surface area contributed by atoms with Crippen molar-refractivity contribution in [2.75, 3.05) is 6.54 Å². The molecular weight excluding hydrogens is 258 g/mol. The Labute approximate surface area is 117 Å². The van der Waals surface area contributed by atoms with E-state index in [0.29, 0.717) is 17.4 Å². The molecular formula is C15H25NO2S. The van der Waals surface area contributed by atoms with Crippen molar-refractivity contribution in [3.63, 3.8) is 0 Å². The normalized spacial score (nSPS) is 12.0. The smallest absolute Gasteiger partial charge is 0.211 e. The second-order valence-corrected chi connectivity index (χ2v) is 6.70. The summed E-state index contributed by atoms with van der Waals surface area (Å²) in [6.07, 6.45) is 4.05. The lowest BCUT2D eigenvalue weighted by Crippen LogP contribution is -2.29. The number of rotatable bonds is 8. The third-order valence-corrected chi connectivity index (χ3v) is 4.93. The molecule has 0 aliphatic heterocycles. The van der Waals surface area contributed by atoms with Crippen molar-refractivity contribution in [1.82, 2.24) is 4.72 Å². The minimum absolute atomic E-state index is 0.360. The lowest BCUT2D eigenvalue weighted by atomic mass is 10.0. The van der Waals surface area contributed by atoms with Crippen molar-refractivity contribution < 1.29 is 8.42 Å². The molecule has 108 valence electrons. The molecule has 0 heterocycles. The number of hydrogen-bond acceptors (Lipinski definition) is 2. The fourth-order valence-electron chi connectivity index (χ4n) is 2.01. The first-order chi connectivity index (χ1) is 9.03. The predicted molar refractivity (Wildman–Crippen MR) is 79.7 cm³/mol. The van der Waals surface area contributed by atoms with E-state index in [1.54, 1.807) is 12.1 Å². The third-order valence-electron chi connectivity index (χ3n) is 3.49. The fraction of sp³-hybridized carbons (Fsp3) is 0.600. The van der Waals surface area contributed by atoms with Gasteiger partial charge in [-0.3, -0.25) is 0 Å². The lowest BCUT2D eigenvalue weighted by molar-refractivity contribution is 0.479. The molecule has 0 bridgehead atoms. The van der Waals surface area contributed by atoms with Crippen LogP contribution in [-0.2, 0) is 16.4 Å². The average molecular weight is 283 g/mol. The quantitative estimate of drug-likeness (QED) is 0.795. The van der Waals surface area contributed by atoms with Crippen LogP contribution in [-0.4, -0.2) is 15.0 Å². The Hall–Kier alpha value is -0.870. The number of aryl methyl sites for hydroxylation is 1. The Balaban J connectivity index is 2.71. The van der Waals surface area contributed by atoms with Crippen LogP contribution in [0.1, 0.15) is 45.6 Å². The van der Waals surface area contributed by atoms with Gasteiger partial charge in [0.1, 0.15) is 0 Å². The topological polar surface area (TPSA) is 46.2 Å². The summed E-state index contributed by atoms with van der Waals surface area (Å²) in [5.74, 6) is 0.411. The highest BCUT2D eigenvalue weighted by molar-refractivity contribution is 7.89. The maximum atomic E-state index is 12.1. The Morgan fingerprint density at radius 1 is 1.05 bits per heavy atom. The first kappa shape index (κ1) is 16.2. The van der Waals surface area contributed by atoms with Gasteiger partial charge < -0.3 is 0 Å². The van der Waals surface area contributed by atoms with Crippen LogP contribution in [0.3, 0.4) is 0 Å². The second-order valence-electron chi connectivity index (χ2n) is 4.93. The van der Waals surface area contributed by atoms with Crippen molar-refractivity contribution in [2.45, 2.75) is 51.3 Å². The van der Waals surface area contributed by atoms with E-state index in [1.165, 1.54) is 5.56 Å². The van der Waals surface area contributed by atoms with Crippen molar-refractivity contribution >= 4 is 10.0 Å². The van der Waals surface area contributed by atoms with Crippen LogP contribution in [0.4, 0.5) is 0 Å². The maximum Gasteiger partial charge on any atom is 0.240 e. The first-order valence-electron chi connectivity index (χ1n) is 7.12. The SMILES string of the molecule is CCCc1ccc(S(=O)(=O)NCC(CC)CC)cc1. The molecule has 0 atom stereocenters. The molecule has 0 aromatic heterocycles. The lowest BCUT2D eigenvalue weighted by Gasteiger charge is -2.13. The zero-order valence-corrected chi connectivity index (χ0v) is 13.0. The van der Waals surface area contributed by atoms with Gasteiger partial charge in [-0.05, 0) is 30.0 Å².